The van der Waals surface area contributed by atoms with Crippen LogP contribution in [0.25, 0.3) is 0 Å². The molecule has 0 heterocycles. The maximum atomic E-state index is 12.6. The number of carbonyl (C=O) groups is 3. The number of esters is 1. The third kappa shape index (κ3) is 5.78. The van der Waals surface area contributed by atoms with E-state index in [1.54, 1.807) is 0 Å². The maximum absolute atomic E-state index is 12.6. The minimum atomic E-state index is -9.78. The Balaban J connectivity index is 1.94. The number of aldehydes is 1. The Bertz CT molecular complexity index is 881. The lowest BCUT2D eigenvalue weighted by atomic mass is 10.1. The molecule has 0 radical (unpaired) electrons. The highest BCUT2D eigenvalue weighted by atomic mass is 32.5. The average molecular weight is 409 g/mol. The Morgan fingerprint density at radius 3 is 1.96 bits per heavy atom. The largest absolute Gasteiger partial charge is 0.452 e. The fraction of sp³-hybridized carbons (Fsp3) is 0.0625. The normalized spacial score (nSPS) is 13.8. The molecule has 0 aliphatic heterocycles. The van der Waals surface area contributed by atoms with Gasteiger partial charge in [0.25, 0.3) is 5.91 Å². The average Bonchev–Trinajstić information content (AvgIpc) is 2.58. The van der Waals surface area contributed by atoms with Crippen molar-refractivity contribution in [3.8, 4) is 0 Å². The molecule has 0 bridgehead atoms. The van der Waals surface area contributed by atoms with Crippen molar-refractivity contribution in [3.05, 3.63) is 59.7 Å². The lowest BCUT2D eigenvalue weighted by molar-refractivity contribution is -0.119. The predicted molar refractivity (Wildman–Crippen MR) is 88.6 cm³/mol. The molecule has 0 saturated heterocycles. The fourth-order valence-corrected chi connectivity index (χ4v) is 2.56. The first-order chi connectivity index (χ1) is 12.3. The van der Waals surface area contributed by atoms with Gasteiger partial charge in [-0.3, -0.25) is 9.59 Å². The smallest absolute Gasteiger partial charge is 0.338 e. The molecule has 0 aliphatic rings. The van der Waals surface area contributed by atoms with E-state index in [1.165, 1.54) is 24.3 Å². The Kier molecular flexibility index (Phi) is 4.78. The number of hydrogen-bond acceptors (Lipinski definition) is 4. The van der Waals surface area contributed by atoms with Crippen molar-refractivity contribution in [1.82, 2.24) is 0 Å². The van der Waals surface area contributed by atoms with E-state index in [9.17, 15) is 33.8 Å². The summed E-state index contributed by atoms with van der Waals surface area (Å²) in [5.41, 5.74) is 0.227. The molecule has 27 heavy (non-hydrogen) atoms. The van der Waals surface area contributed by atoms with Crippen LogP contribution in [0.2, 0.25) is 0 Å². The summed E-state index contributed by atoms with van der Waals surface area (Å²) >= 11 is 0. The van der Waals surface area contributed by atoms with Crippen LogP contribution in [0.15, 0.2) is 53.4 Å². The number of hydrogen-bond donors (Lipinski definition) is 1. The number of rotatable bonds is 6. The minimum absolute atomic E-state index is 0.0774. The van der Waals surface area contributed by atoms with Crippen LogP contribution in [-0.4, -0.2) is 24.8 Å². The lowest BCUT2D eigenvalue weighted by Gasteiger charge is -2.40. The van der Waals surface area contributed by atoms with E-state index < -0.39 is 33.6 Å². The lowest BCUT2D eigenvalue weighted by Crippen LogP contribution is -2.21. The van der Waals surface area contributed by atoms with Gasteiger partial charge in [0.2, 0.25) is 0 Å². The Hall–Kier alpha value is -2.95. The van der Waals surface area contributed by atoms with Gasteiger partial charge in [-0.15, -0.1) is 0 Å². The fourth-order valence-electron chi connectivity index (χ4n) is 1.90. The maximum Gasteiger partial charge on any atom is 0.338 e. The molecule has 0 fully saturated rings. The van der Waals surface area contributed by atoms with E-state index in [-0.39, 0.29) is 23.4 Å². The zero-order chi connectivity index (χ0) is 20.4. The molecule has 1 N–H and O–H groups in total. The summed E-state index contributed by atoms with van der Waals surface area (Å²) in [6.45, 7) is -0.752. The highest BCUT2D eigenvalue weighted by molar-refractivity contribution is 8.45. The molecule has 0 saturated carbocycles. The second-order valence-electron chi connectivity index (χ2n) is 5.36. The molecule has 2 rings (SSSR count). The molecule has 0 atom stereocenters. The summed E-state index contributed by atoms with van der Waals surface area (Å²) in [5, 5.41) is 2.11. The third-order valence-electron chi connectivity index (χ3n) is 3.20. The van der Waals surface area contributed by atoms with Crippen LogP contribution in [0, 0.1) is 0 Å². The number of anilines is 1. The summed E-state index contributed by atoms with van der Waals surface area (Å²) in [6.07, 6.45) is 0.574. The number of ether oxygens (including phenoxy) is 1. The van der Waals surface area contributed by atoms with Crippen LogP contribution >= 0.6 is 10.2 Å². The van der Waals surface area contributed by atoms with Gasteiger partial charge in [0.15, 0.2) is 6.61 Å². The zero-order valence-corrected chi connectivity index (χ0v) is 14.2. The first kappa shape index (κ1) is 20.4. The zero-order valence-electron chi connectivity index (χ0n) is 13.3. The van der Waals surface area contributed by atoms with Crippen molar-refractivity contribution in [1.29, 1.82) is 0 Å². The van der Waals surface area contributed by atoms with Gasteiger partial charge in [-0.1, -0.05) is 31.6 Å². The number of carbonyl (C=O) groups excluding carboxylic acids is 3. The van der Waals surface area contributed by atoms with Gasteiger partial charge in [0.05, 0.1) is 5.56 Å². The first-order valence-electron chi connectivity index (χ1n) is 7.15. The second-order valence-corrected chi connectivity index (χ2v) is 7.77. The van der Waals surface area contributed by atoms with Crippen molar-refractivity contribution in [2.24, 2.45) is 0 Å². The summed E-state index contributed by atoms with van der Waals surface area (Å²) in [7, 11) is -9.78. The van der Waals surface area contributed by atoms with Gasteiger partial charge in [0.1, 0.15) is 11.2 Å². The van der Waals surface area contributed by atoms with Crippen LogP contribution in [0.1, 0.15) is 20.7 Å². The molecule has 146 valence electrons. The second kappa shape index (κ2) is 6.34. The van der Waals surface area contributed by atoms with E-state index in [1.807, 2.05) is 0 Å². The number of nitrogens with one attached hydrogen (secondary N) is 1. The Morgan fingerprint density at radius 2 is 1.48 bits per heavy atom. The van der Waals surface area contributed by atoms with Gasteiger partial charge in [-0.2, -0.15) is 0 Å². The molecular weight excluding hydrogens is 397 g/mol. The summed E-state index contributed by atoms with van der Waals surface area (Å²) in [5.74, 6) is -1.74. The molecule has 0 aliphatic carbocycles. The minimum Gasteiger partial charge on any atom is -0.452 e. The van der Waals surface area contributed by atoms with Crippen LogP contribution in [-0.2, 0) is 9.53 Å². The van der Waals surface area contributed by atoms with Gasteiger partial charge in [-0.05, 0) is 36.4 Å². The monoisotopic (exact) mass is 409 g/mol. The standard InChI is InChI=1S/C16H12F5NO4S/c17-27(18,19,20,21)14-7-5-13(6-8-14)22-15(24)10-26-16(25)12-3-1-11(9-23)2-4-12/h1-9H,10H2,(H,22,24). The van der Waals surface area contributed by atoms with E-state index in [4.69, 9.17) is 4.74 Å². The highest BCUT2D eigenvalue weighted by Gasteiger charge is 2.65. The molecule has 0 spiro atoms. The van der Waals surface area contributed by atoms with E-state index in [0.29, 0.717) is 24.0 Å². The van der Waals surface area contributed by atoms with Crippen LogP contribution in [0.5, 0.6) is 0 Å². The molecule has 1 amide bonds. The molecule has 11 heteroatoms. The number of halogens is 5. The van der Waals surface area contributed by atoms with E-state index >= 15 is 0 Å². The topological polar surface area (TPSA) is 72.5 Å². The van der Waals surface area contributed by atoms with Crippen molar-refractivity contribution in [2.75, 3.05) is 11.9 Å². The molecular formula is C16H12F5NO4S. The van der Waals surface area contributed by atoms with Gasteiger partial charge >= 0.3 is 16.2 Å². The third-order valence-corrected chi connectivity index (χ3v) is 4.36. The highest BCUT2D eigenvalue weighted by Crippen LogP contribution is 3.02. The van der Waals surface area contributed by atoms with Crippen molar-refractivity contribution in [2.45, 2.75) is 4.90 Å². The summed E-state index contributed by atoms with van der Waals surface area (Å²) < 4.78 is 67.7. The van der Waals surface area contributed by atoms with Crippen molar-refractivity contribution in [3.63, 3.8) is 0 Å². The van der Waals surface area contributed by atoms with E-state index in [2.05, 4.69) is 5.32 Å². The number of benzene rings is 2. The number of amides is 1. The summed E-state index contributed by atoms with van der Waals surface area (Å²) in [4.78, 5) is 31.8. The van der Waals surface area contributed by atoms with Gasteiger partial charge in [0, 0.05) is 11.3 Å². The van der Waals surface area contributed by atoms with E-state index in [0.717, 1.165) is 0 Å². The Labute approximate surface area is 149 Å². The molecule has 5 nitrogen and oxygen atoms in total. The molecule has 0 unspecified atom stereocenters. The van der Waals surface area contributed by atoms with Gasteiger partial charge < -0.3 is 10.1 Å². The molecule has 2 aromatic carbocycles. The molecule has 2 aromatic rings. The summed E-state index contributed by atoms with van der Waals surface area (Å²) in [6, 6.07) is 6.96. The van der Waals surface area contributed by atoms with Crippen LogP contribution in [0.4, 0.5) is 25.1 Å². The SMILES string of the molecule is O=Cc1ccc(C(=O)OCC(=O)Nc2ccc(S(F)(F)(F)(F)F)cc2)cc1. The van der Waals surface area contributed by atoms with Crippen LogP contribution in [0.3, 0.4) is 0 Å². The van der Waals surface area contributed by atoms with Gasteiger partial charge in [-0.25, -0.2) is 4.79 Å². The predicted octanol–water partition coefficient (Wildman–Crippen LogP) is 4.95. The van der Waals surface area contributed by atoms with Crippen molar-refractivity contribution >= 4 is 34.1 Å². The van der Waals surface area contributed by atoms with Crippen molar-refractivity contribution < 1.29 is 38.5 Å². The van der Waals surface area contributed by atoms with Crippen LogP contribution < -0.4 is 5.32 Å². The Morgan fingerprint density at radius 1 is 0.926 bits per heavy atom. The first-order valence-corrected chi connectivity index (χ1v) is 9.10. The molecule has 0 aromatic heterocycles. The quantitative estimate of drug-likeness (QED) is 0.416.